The van der Waals surface area contributed by atoms with Gasteiger partial charge in [0.2, 0.25) is 0 Å². The quantitative estimate of drug-likeness (QED) is 0.361. The van der Waals surface area contributed by atoms with Crippen molar-refractivity contribution in [2.45, 2.75) is 43.3 Å². The van der Waals surface area contributed by atoms with Gasteiger partial charge < -0.3 is 20.3 Å². The van der Waals surface area contributed by atoms with E-state index in [0.29, 0.717) is 52.3 Å². The Hall–Kier alpha value is -3.21. The second kappa shape index (κ2) is 9.46. The van der Waals surface area contributed by atoms with Gasteiger partial charge in [0.1, 0.15) is 23.6 Å². The number of piperazine rings is 1. The fourth-order valence-corrected chi connectivity index (χ4v) is 6.35. The minimum atomic E-state index is -2.78. The summed E-state index contributed by atoms with van der Waals surface area (Å²) in [6.45, 7) is 0.971. The molecule has 2 bridgehead atoms. The molecule has 11 heteroatoms. The summed E-state index contributed by atoms with van der Waals surface area (Å²) in [6, 6.07) is 11.1. The Kier molecular flexibility index (Phi) is 6.02. The molecule has 2 aromatic carbocycles. The van der Waals surface area contributed by atoms with Gasteiger partial charge >= 0.3 is 6.01 Å². The van der Waals surface area contributed by atoms with E-state index in [-0.39, 0.29) is 30.2 Å². The van der Waals surface area contributed by atoms with E-state index in [0.717, 1.165) is 18.2 Å². The predicted molar refractivity (Wildman–Crippen MR) is 144 cm³/mol. The third-order valence-electron chi connectivity index (χ3n) is 7.88. The highest BCUT2D eigenvalue weighted by atomic mass is 35.5. The molecule has 7 nitrogen and oxygen atoms in total. The lowest BCUT2D eigenvalue weighted by molar-refractivity contribution is 0.0195. The molecule has 202 valence electrons. The van der Waals surface area contributed by atoms with Crippen LogP contribution in [0.3, 0.4) is 0 Å². The summed E-state index contributed by atoms with van der Waals surface area (Å²) in [6.07, 6.45) is 3.39. The van der Waals surface area contributed by atoms with E-state index in [1.165, 1.54) is 0 Å². The summed E-state index contributed by atoms with van der Waals surface area (Å²) in [5, 5.41) is 8.89. The van der Waals surface area contributed by atoms with E-state index in [2.05, 4.69) is 30.5 Å². The zero-order valence-electron chi connectivity index (χ0n) is 20.9. The van der Waals surface area contributed by atoms with Gasteiger partial charge in [-0.1, -0.05) is 41.9 Å². The van der Waals surface area contributed by atoms with Gasteiger partial charge in [-0.15, -0.1) is 0 Å². The minimum absolute atomic E-state index is 0.0487. The largest absolute Gasteiger partial charge is 0.462 e. The molecule has 2 aromatic heterocycles. The molecule has 0 amide bonds. The molecule has 3 aliphatic rings. The molecule has 2 N–H and O–H groups in total. The molecule has 3 fully saturated rings. The third-order valence-corrected chi connectivity index (χ3v) is 8.19. The average molecular weight is 555 g/mol. The van der Waals surface area contributed by atoms with Gasteiger partial charge in [-0.05, 0) is 24.3 Å². The van der Waals surface area contributed by atoms with E-state index in [9.17, 15) is 8.78 Å². The van der Waals surface area contributed by atoms with E-state index in [1.807, 2.05) is 24.3 Å². The van der Waals surface area contributed by atoms with Crippen LogP contribution in [0.2, 0.25) is 5.02 Å². The van der Waals surface area contributed by atoms with Crippen LogP contribution in [0.25, 0.3) is 32.9 Å². The van der Waals surface area contributed by atoms with Crippen LogP contribution >= 0.6 is 11.6 Å². The van der Waals surface area contributed by atoms with Crippen molar-refractivity contribution in [1.29, 1.82) is 0 Å². The van der Waals surface area contributed by atoms with Gasteiger partial charge in [-0.2, -0.15) is 9.97 Å². The van der Waals surface area contributed by atoms with Crippen molar-refractivity contribution in [1.82, 2.24) is 25.6 Å². The van der Waals surface area contributed by atoms with Gasteiger partial charge in [0.15, 0.2) is 5.82 Å². The maximum Gasteiger partial charge on any atom is 0.319 e. The van der Waals surface area contributed by atoms with Crippen LogP contribution in [-0.4, -0.2) is 65.2 Å². The Bertz CT molecular complexity index is 1570. The number of benzene rings is 2. The fourth-order valence-electron chi connectivity index (χ4n) is 6.07. The first-order chi connectivity index (χ1) is 18.8. The Balaban J connectivity index is 1.33. The first-order valence-corrected chi connectivity index (χ1v) is 13.5. The molecule has 0 spiro atoms. The maximum absolute atomic E-state index is 16.4. The summed E-state index contributed by atoms with van der Waals surface area (Å²) >= 11 is 6.52. The number of halogens is 4. The molecule has 3 aliphatic heterocycles. The molecular weight excluding hydrogens is 529 g/mol. The molecule has 3 atom stereocenters. The highest BCUT2D eigenvalue weighted by Crippen LogP contribution is 2.38. The molecule has 7 rings (SSSR count). The highest BCUT2D eigenvalue weighted by Gasteiger charge is 2.40. The number of anilines is 1. The normalized spacial score (nSPS) is 24.1. The Labute approximate surface area is 227 Å². The molecule has 4 aromatic rings. The number of rotatable bonds is 5. The number of alkyl halides is 2. The van der Waals surface area contributed by atoms with Crippen LogP contribution in [0.15, 0.2) is 42.6 Å². The molecule has 39 heavy (non-hydrogen) atoms. The summed E-state index contributed by atoms with van der Waals surface area (Å²) in [7, 11) is 0. The summed E-state index contributed by atoms with van der Waals surface area (Å²) in [5.74, 6) is -2.86. The van der Waals surface area contributed by atoms with Crippen LogP contribution in [0, 0.1) is 5.82 Å². The topological polar surface area (TPSA) is 75.2 Å². The average Bonchev–Trinajstić information content (AvgIpc) is 3.46. The Morgan fingerprint density at radius 2 is 1.85 bits per heavy atom. The van der Waals surface area contributed by atoms with E-state index in [4.69, 9.17) is 16.3 Å². The van der Waals surface area contributed by atoms with E-state index in [1.54, 1.807) is 18.3 Å². The monoisotopic (exact) mass is 554 g/mol. The van der Waals surface area contributed by atoms with Crippen molar-refractivity contribution in [3.8, 4) is 17.3 Å². The van der Waals surface area contributed by atoms with Crippen molar-refractivity contribution in [3.05, 3.63) is 53.4 Å². The number of aromatic nitrogens is 3. The Morgan fingerprint density at radius 1 is 1.08 bits per heavy atom. The van der Waals surface area contributed by atoms with Gasteiger partial charge in [-0.25, -0.2) is 13.2 Å². The number of fused-ring (bicyclic) bond motifs is 4. The fraction of sp³-hybridized carbons (Fsp3) is 0.393. The molecule has 5 heterocycles. The van der Waals surface area contributed by atoms with Gasteiger partial charge in [0.25, 0.3) is 5.92 Å². The second-order valence-electron chi connectivity index (χ2n) is 10.6. The van der Waals surface area contributed by atoms with Crippen molar-refractivity contribution >= 4 is 39.1 Å². The molecule has 0 aliphatic carbocycles. The summed E-state index contributed by atoms with van der Waals surface area (Å²) in [4.78, 5) is 15.7. The first-order valence-electron chi connectivity index (χ1n) is 13.1. The van der Waals surface area contributed by atoms with E-state index >= 15 is 4.39 Å². The molecule has 3 saturated heterocycles. The Morgan fingerprint density at radius 3 is 2.59 bits per heavy atom. The maximum atomic E-state index is 16.4. The first kappa shape index (κ1) is 24.8. The molecule has 0 radical (unpaired) electrons. The molecule has 0 unspecified atom stereocenters. The van der Waals surface area contributed by atoms with Gasteiger partial charge in [0, 0.05) is 59.8 Å². The van der Waals surface area contributed by atoms with Crippen LogP contribution in [0.1, 0.15) is 19.3 Å². The van der Waals surface area contributed by atoms with Crippen molar-refractivity contribution in [2.24, 2.45) is 0 Å². The summed E-state index contributed by atoms with van der Waals surface area (Å²) < 4.78 is 49.5. The molecular formula is C28H26ClF3N6O. The van der Waals surface area contributed by atoms with Gasteiger partial charge in [0.05, 0.1) is 11.9 Å². The minimum Gasteiger partial charge on any atom is -0.462 e. The van der Waals surface area contributed by atoms with E-state index < -0.39 is 24.3 Å². The van der Waals surface area contributed by atoms with Crippen molar-refractivity contribution in [3.63, 3.8) is 0 Å². The predicted octanol–water partition coefficient (Wildman–Crippen LogP) is 4.95. The van der Waals surface area contributed by atoms with Crippen LogP contribution in [-0.2, 0) is 0 Å². The standard InChI is InChI=1S/C28H26ClF3N6O/c29-21-6-2-4-15-3-1-5-19(22(15)21)24-23(30)25-20(10-33-24)26(38-11-16-7-8-17(12-38)35-16)37-27(36-25)39-13-18-9-28(31,32)14-34-18/h1-6,10,16-18,34-35H,7-9,11-14H2/t16-,17+,18-/m0/s1. The number of hydrogen-bond donors (Lipinski definition) is 2. The lowest BCUT2D eigenvalue weighted by atomic mass is 10.0. The third kappa shape index (κ3) is 4.54. The number of nitrogens with zero attached hydrogens (tertiary/aromatic N) is 4. The number of nitrogens with one attached hydrogen (secondary N) is 2. The van der Waals surface area contributed by atoms with Crippen LogP contribution in [0.5, 0.6) is 6.01 Å². The van der Waals surface area contributed by atoms with Gasteiger partial charge in [-0.3, -0.25) is 4.98 Å². The zero-order chi connectivity index (χ0) is 26.7. The zero-order valence-corrected chi connectivity index (χ0v) is 21.7. The van der Waals surface area contributed by atoms with Crippen LogP contribution < -0.4 is 20.3 Å². The number of ether oxygens (including phenoxy) is 1. The SMILES string of the molecule is Fc1c(-c2cccc3cccc(Cl)c23)ncc2c(N3C[C@H]4CC[C@@H](C3)N4)nc(OC[C@@H]3CC(F)(F)CN3)nc12. The molecule has 0 saturated carbocycles. The smallest absolute Gasteiger partial charge is 0.319 e. The lowest BCUT2D eigenvalue weighted by Gasteiger charge is -2.34. The van der Waals surface area contributed by atoms with Crippen molar-refractivity contribution in [2.75, 3.05) is 31.1 Å². The number of hydrogen-bond acceptors (Lipinski definition) is 7. The van der Waals surface area contributed by atoms with Crippen LogP contribution in [0.4, 0.5) is 19.0 Å². The second-order valence-corrected chi connectivity index (χ2v) is 11.1. The number of pyridine rings is 1. The summed E-state index contributed by atoms with van der Waals surface area (Å²) in [5.41, 5.74) is 0.742. The lowest BCUT2D eigenvalue weighted by Crippen LogP contribution is -2.51. The highest BCUT2D eigenvalue weighted by molar-refractivity contribution is 6.36. The van der Waals surface area contributed by atoms with Crippen molar-refractivity contribution < 1.29 is 17.9 Å².